The molecule has 0 aromatic rings. The summed E-state index contributed by atoms with van der Waals surface area (Å²) >= 11 is 0. The van der Waals surface area contributed by atoms with Crippen molar-refractivity contribution in [1.29, 1.82) is 0 Å². The standard InChI is InChI=1S/C12H21F2N3O2/c1-7(2)9(10(15)17-19)16-11(18)8-3-5-12(13,14)6-4-8/h7-9,19H,3-6H2,1-2H3,(H2,15,17)(H,16,18). The lowest BCUT2D eigenvalue weighted by Gasteiger charge is -2.29. The Morgan fingerprint density at radius 2 is 1.95 bits per heavy atom. The number of halogens is 2. The maximum Gasteiger partial charge on any atom is 0.248 e. The molecule has 0 saturated heterocycles. The van der Waals surface area contributed by atoms with Crippen molar-refractivity contribution in [3.8, 4) is 0 Å². The molecule has 1 rings (SSSR count). The second-order valence-corrected chi connectivity index (χ2v) is 5.39. The second kappa shape index (κ2) is 6.16. The zero-order valence-electron chi connectivity index (χ0n) is 11.2. The Labute approximate surface area is 111 Å². The van der Waals surface area contributed by atoms with Gasteiger partial charge in [-0.2, -0.15) is 0 Å². The normalized spacial score (nSPS) is 22.3. The number of hydrogen-bond acceptors (Lipinski definition) is 3. The van der Waals surface area contributed by atoms with Crippen LogP contribution >= 0.6 is 0 Å². The summed E-state index contributed by atoms with van der Waals surface area (Å²) in [6.45, 7) is 3.63. The van der Waals surface area contributed by atoms with E-state index in [4.69, 9.17) is 10.9 Å². The van der Waals surface area contributed by atoms with E-state index in [0.29, 0.717) is 0 Å². The number of carbonyl (C=O) groups excluding carboxylic acids is 1. The number of alkyl halides is 2. The summed E-state index contributed by atoms with van der Waals surface area (Å²) in [5.74, 6) is -3.51. The molecule has 0 heterocycles. The third-order valence-corrected chi connectivity index (χ3v) is 3.49. The minimum atomic E-state index is -2.65. The molecule has 1 fully saturated rings. The Balaban J connectivity index is 2.59. The monoisotopic (exact) mass is 277 g/mol. The molecule has 0 bridgehead atoms. The topological polar surface area (TPSA) is 87.7 Å². The van der Waals surface area contributed by atoms with Crippen LogP contribution in [0.5, 0.6) is 0 Å². The highest BCUT2D eigenvalue weighted by atomic mass is 19.3. The number of amides is 1. The molecule has 0 aromatic carbocycles. The quantitative estimate of drug-likeness (QED) is 0.316. The van der Waals surface area contributed by atoms with Gasteiger partial charge in [0.25, 0.3) is 0 Å². The number of carbonyl (C=O) groups is 1. The minimum Gasteiger partial charge on any atom is -0.409 e. The summed E-state index contributed by atoms with van der Waals surface area (Å²) in [5.41, 5.74) is 5.50. The molecule has 19 heavy (non-hydrogen) atoms. The first-order chi connectivity index (χ1) is 8.76. The second-order valence-electron chi connectivity index (χ2n) is 5.39. The lowest BCUT2D eigenvalue weighted by molar-refractivity contribution is -0.129. The van der Waals surface area contributed by atoms with E-state index in [1.54, 1.807) is 0 Å². The van der Waals surface area contributed by atoms with E-state index >= 15 is 0 Å². The van der Waals surface area contributed by atoms with Crippen LogP contribution in [0.15, 0.2) is 5.16 Å². The van der Waals surface area contributed by atoms with Gasteiger partial charge < -0.3 is 16.3 Å². The van der Waals surface area contributed by atoms with Gasteiger partial charge in [-0.15, -0.1) is 0 Å². The van der Waals surface area contributed by atoms with Gasteiger partial charge >= 0.3 is 0 Å². The van der Waals surface area contributed by atoms with Crippen LogP contribution in [-0.2, 0) is 4.79 Å². The molecule has 1 aliphatic rings. The summed E-state index contributed by atoms with van der Waals surface area (Å²) in [6.07, 6.45) is -0.193. The fourth-order valence-electron chi connectivity index (χ4n) is 2.22. The molecule has 1 atom stereocenters. The highest BCUT2D eigenvalue weighted by Crippen LogP contribution is 2.36. The van der Waals surface area contributed by atoms with E-state index in [1.165, 1.54) is 0 Å². The molecular weight excluding hydrogens is 256 g/mol. The Hall–Kier alpha value is -1.40. The van der Waals surface area contributed by atoms with Crippen molar-refractivity contribution in [1.82, 2.24) is 5.32 Å². The van der Waals surface area contributed by atoms with Crippen molar-refractivity contribution < 1.29 is 18.8 Å². The molecule has 1 unspecified atom stereocenters. The smallest absolute Gasteiger partial charge is 0.248 e. The summed E-state index contributed by atoms with van der Waals surface area (Å²) < 4.78 is 26.0. The lowest BCUT2D eigenvalue weighted by Crippen LogP contribution is -2.50. The zero-order chi connectivity index (χ0) is 14.6. The lowest BCUT2D eigenvalue weighted by atomic mass is 9.86. The number of nitrogens with one attached hydrogen (secondary N) is 1. The maximum atomic E-state index is 13.0. The number of rotatable bonds is 4. The number of oxime groups is 1. The first-order valence-corrected chi connectivity index (χ1v) is 6.42. The molecule has 5 nitrogen and oxygen atoms in total. The molecule has 1 amide bonds. The van der Waals surface area contributed by atoms with Gasteiger partial charge in [-0.1, -0.05) is 19.0 Å². The van der Waals surface area contributed by atoms with Crippen molar-refractivity contribution in [2.24, 2.45) is 22.7 Å². The van der Waals surface area contributed by atoms with E-state index in [0.717, 1.165) is 0 Å². The number of hydrogen-bond donors (Lipinski definition) is 3. The van der Waals surface area contributed by atoms with Gasteiger partial charge in [-0.25, -0.2) is 8.78 Å². The summed E-state index contributed by atoms with van der Waals surface area (Å²) in [6, 6.07) is -0.583. The first-order valence-electron chi connectivity index (χ1n) is 6.42. The van der Waals surface area contributed by atoms with Crippen molar-refractivity contribution in [3.05, 3.63) is 0 Å². The van der Waals surface area contributed by atoms with Crippen molar-refractivity contribution in [2.45, 2.75) is 51.5 Å². The number of nitrogens with zero attached hydrogens (tertiary/aromatic N) is 1. The predicted molar refractivity (Wildman–Crippen MR) is 67.1 cm³/mol. The maximum absolute atomic E-state index is 13.0. The fraction of sp³-hybridized carbons (Fsp3) is 0.833. The van der Waals surface area contributed by atoms with Crippen LogP contribution in [-0.4, -0.2) is 28.9 Å². The van der Waals surface area contributed by atoms with E-state index in [2.05, 4.69) is 10.5 Å². The summed E-state index contributed by atoms with van der Waals surface area (Å²) in [4.78, 5) is 12.0. The Bertz CT molecular complexity index is 349. The van der Waals surface area contributed by atoms with Crippen molar-refractivity contribution >= 4 is 11.7 Å². The van der Waals surface area contributed by atoms with Gasteiger partial charge in [0.15, 0.2) is 5.84 Å². The molecule has 1 aliphatic carbocycles. The van der Waals surface area contributed by atoms with Gasteiger partial charge in [0, 0.05) is 18.8 Å². The predicted octanol–water partition coefficient (Wildman–Crippen LogP) is 1.70. The molecule has 0 aromatic heterocycles. The molecule has 0 radical (unpaired) electrons. The number of nitrogens with two attached hydrogens (primary N) is 1. The first kappa shape index (κ1) is 15.7. The van der Waals surface area contributed by atoms with Crippen LogP contribution < -0.4 is 11.1 Å². The average Bonchev–Trinajstić information content (AvgIpc) is 2.34. The van der Waals surface area contributed by atoms with Crippen molar-refractivity contribution in [2.75, 3.05) is 0 Å². The van der Waals surface area contributed by atoms with Crippen LogP contribution in [0.25, 0.3) is 0 Å². The van der Waals surface area contributed by atoms with E-state index in [1.807, 2.05) is 13.8 Å². The van der Waals surface area contributed by atoms with Gasteiger partial charge in [-0.3, -0.25) is 4.79 Å². The van der Waals surface area contributed by atoms with E-state index in [9.17, 15) is 13.6 Å². The third-order valence-electron chi connectivity index (χ3n) is 3.49. The van der Waals surface area contributed by atoms with Gasteiger partial charge in [0.1, 0.15) is 0 Å². The van der Waals surface area contributed by atoms with E-state index < -0.39 is 17.9 Å². The van der Waals surface area contributed by atoms with Gasteiger partial charge in [0.05, 0.1) is 6.04 Å². The Kier molecular flexibility index (Phi) is 5.08. The SMILES string of the molecule is CC(C)C(NC(=O)C1CCC(F)(F)CC1)C(N)=NO. The Morgan fingerprint density at radius 3 is 2.37 bits per heavy atom. The summed E-state index contributed by atoms with van der Waals surface area (Å²) in [5, 5.41) is 14.2. The molecule has 4 N–H and O–H groups in total. The fourth-order valence-corrected chi connectivity index (χ4v) is 2.22. The molecule has 0 spiro atoms. The number of amidine groups is 1. The highest BCUT2D eigenvalue weighted by molar-refractivity contribution is 5.90. The molecule has 110 valence electrons. The van der Waals surface area contributed by atoms with Gasteiger partial charge in [-0.05, 0) is 18.8 Å². The Morgan fingerprint density at radius 1 is 1.42 bits per heavy atom. The minimum absolute atomic E-state index is 0.0510. The summed E-state index contributed by atoms with van der Waals surface area (Å²) in [7, 11) is 0. The van der Waals surface area contributed by atoms with Crippen LogP contribution in [0.3, 0.4) is 0 Å². The van der Waals surface area contributed by atoms with Gasteiger partial charge in [0.2, 0.25) is 11.8 Å². The largest absolute Gasteiger partial charge is 0.409 e. The van der Waals surface area contributed by atoms with E-state index in [-0.39, 0.29) is 43.3 Å². The molecular formula is C12H21F2N3O2. The average molecular weight is 277 g/mol. The van der Waals surface area contributed by atoms with Crippen LogP contribution in [0.4, 0.5) is 8.78 Å². The molecule has 1 saturated carbocycles. The zero-order valence-corrected chi connectivity index (χ0v) is 11.2. The van der Waals surface area contributed by atoms with Crippen LogP contribution in [0, 0.1) is 11.8 Å². The van der Waals surface area contributed by atoms with Crippen LogP contribution in [0.2, 0.25) is 0 Å². The highest BCUT2D eigenvalue weighted by Gasteiger charge is 2.38. The molecule has 7 heteroatoms. The third kappa shape index (κ3) is 4.33. The van der Waals surface area contributed by atoms with Crippen LogP contribution in [0.1, 0.15) is 39.5 Å². The van der Waals surface area contributed by atoms with Crippen molar-refractivity contribution in [3.63, 3.8) is 0 Å². The molecule has 0 aliphatic heterocycles.